The van der Waals surface area contributed by atoms with E-state index in [1.807, 2.05) is 0 Å². The first-order valence-corrected chi connectivity index (χ1v) is 10.6. The van der Waals surface area contributed by atoms with Gasteiger partial charge in [0.2, 0.25) is 0 Å². The zero-order chi connectivity index (χ0) is 19.6. The number of hydrogen-bond donors (Lipinski definition) is 1. The molecule has 0 aliphatic carbocycles. The van der Waals surface area contributed by atoms with Gasteiger partial charge < -0.3 is 4.90 Å². The quantitative estimate of drug-likeness (QED) is 0.675. The maximum atomic E-state index is 12.8. The Labute approximate surface area is 167 Å². The van der Waals surface area contributed by atoms with Crippen LogP contribution in [-0.2, 0) is 10.0 Å². The highest BCUT2D eigenvalue weighted by Gasteiger charge is 2.24. The highest BCUT2D eigenvalue weighted by molar-refractivity contribution is 8.13. The van der Waals surface area contributed by atoms with Crippen LogP contribution >= 0.6 is 35.0 Å². The molecule has 26 heavy (non-hydrogen) atoms. The Bertz CT molecular complexity index is 917. The van der Waals surface area contributed by atoms with Crippen molar-refractivity contribution in [2.45, 2.75) is 23.6 Å². The number of hydrogen-bond acceptors (Lipinski definition) is 4. The number of rotatable bonds is 4. The molecule has 0 atom stereocenters. The summed E-state index contributed by atoms with van der Waals surface area (Å²) < 4.78 is 28.1. The molecule has 0 aromatic heterocycles. The smallest absolute Gasteiger partial charge is 0.285 e. The van der Waals surface area contributed by atoms with Gasteiger partial charge in [-0.25, -0.2) is 8.42 Å². The number of anilines is 1. The molecule has 1 N–H and O–H groups in total. The molecule has 0 spiro atoms. The monoisotopic (exact) mass is 432 g/mol. The first-order chi connectivity index (χ1) is 12.0. The molecule has 0 bridgehead atoms. The molecule has 5 nitrogen and oxygen atoms in total. The van der Waals surface area contributed by atoms with Crippen molar-refractivity contribution in [3.05, 3.63) is 51.5 Å². The molecule has 0 aliphatic heterocycles. The summed E-state index contributed by atoms with van der Waals surface area (Å²) in [5, 5.41) is 0.361. The van der Waals surface area contributed by atoms with Gasteiger partial charge in [-0.15, -0.1) is 0 Å². The molecular formula is C17H18Cl2N2O3S2. The lowest BCUT2D eigenvalue weighted by atomic mass is 10.2. The van der Waals surface area contributed by atoms with Crippen LogP contribution in [0, 0.1) is 13.8 Å². The summed E-state index contributed by atoms with van der Waals surface area (Å²) >= 11 is 13.4. The molecule has 1 amide bonds. The first-order valence-electron chi connectivity index (χ1n) is 7.50. The number of benzene rings is 2. The average Bonchev–Trinajstić information content (AvgIpc) is 2.54. The van der Waals surface area contributed by atoms with Gasteiger partial charge in [-0.3, -0.25) is 9.52 Å². The fourth-order valence-electron chi connectivity index (χ4n) is 2.12. The number of carbonyl (C=O) groups excluding carboxylic acids is 1. The third kappa shape index (κ3) is 4.65. The van der Waals surface area contributed by atoms with Gasteiger partial charge in [-0.05, 0) is 67.1 Å². The van der Waals surface area contributed by atoms with Gasteiger partial charge in [0.15, 0.2) is 0 Å². The minimum atomic E-state index is -3.92. The van der Waals surface area contributed by atoms with Crippen LogP contribution in [0.2, 0.25) is 10.0 Å². The van der Waals surface area contributed by atoms with Gasteiger partial charge in [0.25, 0.3) is 15.3 Å². The largest absolute Gasteiger partial charge is 0.339 e. The van der Waals surface area contributed by atoms with Crippen LogP contribution in [0.5, 0.6) is 0 Å². The van der Waals surface area contributed by atoms with Gasteiger partial charge in [0.05, 0.1) is 5.02 Å². The summed E-state index contributed by atoms with van der Waals surface area (Å²) in [4.78, 5) is 13.8. The standard InChI is InChI=1S/C17H18Cl2N2O3S2/c1-10-9-14(18)11(2)16(15(10)19)26(23,24)20-12-5-7-13(8-6-12)25-17(22)21(3)4/h5-9,20H,1-4H3. The van der Waals surface area contributed by atoms with Crippen molar-refractivity contribution < 1.29 is 13.2 Å². The van der Waals surface area contributed by atoms with Crippen molar-refractivity contribution in [2.24, 2.45) is 0 Å². The predicted molar refractivity (Wildman–Crippen MR) is 108 cm³/mol. The zero-order valence-corrected chi connectivity index (χ0v) is 17.8. The molecule has 0 saturated carbocycles. The Morgan fingerprint density at radius 1 is 1.12 bits per heavy atom. The van der Waals surface area contributed by atoms with E-state index in [-0.39, 0.29) is 15.2 Å². The van der Waals surface area contributed by atoms with Crippen molar-refractivity contribution in [3.8, 4) is 0 Å². The molecule has 2 rings (SSSR count). The van der Waals surface area contributed by atoms with Crippen molar-refractivity contribution in [1.29, 1.82) is 0 Å². The number of thioether (sulfide) groups is 1. The van der Waals surface area contributed by atoms with E-state index in [1.54, 1.807) is 58.3 Å². The summed E-state index contributed by atoms with van der Waals surface area (Å²) in [6.07, 6.45) is 0. The maximum Gasteiger partial charge on any atom is 0.285 e. The molecule has 2 aromatic carbocycles. The molecule has 2 aromatic rings. The second-order valence-corrected chi connectivity index (χ2v) is 9.26. The van der Waals surface area contributed by atoms with Gasteiger partial charge >= 0.3 is 0 Å². The van der Waals surface area contributed by atoms with Crippen LogP contribution in [0.1, 0.15) is 11.1 Å². The van der Waals surface area contributed by atoms with Gasteiger partial charge in [0.1, 0.15) is 4.90 Å². The molecule has 140 valence electrons. The van der Waals surface area contributed by atoms with E-state index < -0.39 is 10.0 Å². The van der Waals surface area contributed by atoms with Crippen LogP contribution in [0.3, 0.4) is 0 Å². The molecule has 0 unspecified atom stereocenters. The SMILES string of the molecule is Cc1cc(Cl)c(C)c(S(=O)(=O)Nc2ccc(SC(=O)N(C)C)cc2)c1Cl. The molecule has 9 heteroatoms. The average molecular weight is 433 g/mol. The zero-order valence-electron chi connectivity index (χ0n) is 14.6. The number of aryl methyl sites for hydroxylation is 1. The molecule has 0 heterocycles. The summed E-state index contributed by atoms with van der Waals surface area (Å²) in [7, 11) is -0.590. The Morgan fingerprint density at radius 3 is 2.23 bits per heavy atom. The van der Waals surface area contributed by atoms with Crippen molar-refractivity contribution >= 4 is 55.9 Å². The summed E-state index contributed by atoms with van der Waals surface area (Å²) in [5.74, 6) is 0. The van der Waals surface area contributed by atoms with E-state index in [9.17, 15) is 13.2 Å². The van der Waals surface area contributed by atoms with Gasteiger partial charge in [0, 0.05) is 29.7 Å². The number of sulfonamides is 1. The fraction of sp³-hybridized carbons (Fsp3) is 0.235. The molecule has 0 radical (unpaired) electrons. The summed E-state index contributed by atoms with van der Waals surface area (Å²) in [6, 6.07) is 8.14. The predicted octanol–water partition coefficient (Wildman–Crippen LogP) is 5.18. The molecule has 0 saturated heterocycles. The van der Waals surface area contributed by atoms with E-state index in [0.717, 1.165) is 11.8 Å². The Balaban J connectivity index is 2.30. The third-order valence-corrected chi connectivity index (χ3v) is 7.12. The van der Waals surface area contributed by atoms with Crippen molar-refractivity contribution in [2.75, 3.05) is 18.8 Å². The maximum absolute atomic E-state index is 12.8. The van der Waals surface area contributed by atoms with Crippen molar-refractivity contribution in [1.82, 2.24) is 4.90 Å². The van der Waals surface area contributed by atoms with E-state index in [0.29, 0.717) is 26.7 Å². The Hall–Kier alpha value is -1.41. The summed E-state index contributed by atoms with van der Waals surface area (Å²) in [5.41, 5.74) is 1.33. The number of carbonyl (C=O) groups is 1. The third-order valence-electron chi connectivity index (χ3n) is 3.53. The minimum Gasteiger partial charge on any atom is -0.339 e. The fourth-order valence-corrected chi connectivity index (χ4v) is 5.05. The van der Waals surface area contributed by atoms with E-state index >= 15 is 0 Å². The lowest BCUT2D eigenvalue weighted by Crippen LogP contribution is -2.16. The van der Waals surface area contributed by atoms with Crippen LogP contribution in [-0.4, -0.2) is 32.7 Å². The molecular weight excluding hydrogens is 415 g/mol. The lowest BCUT2D eigenvalue weighted by molar-refractivity contribution is 0.241. The second kappa shape index (κ2) is 8.08. The molecule has 0 fully saturated rings. The summed E-state index contributed by atoms with van der Waals surface area (Å²) in [6.45, 7) is 3.30. The highest BCUT2D eigenvalue weighted by Crippen LogP contribution is 2.34. The van der Waals surface area contributed by atoms with Gasteiger partial charge in [-0.1, -0.05) is 23.2 Å². The lowest BCUT2D eigenvalue weighted by Gasteiger charge is -2.15. The number of nitrogens with one attached hydrogen (secondary N) is 1. The Morgan fingerprint density at radius 2 is 1.69 bits per heavy atom. The van der Waals surface area contributed by atoms with E-state index in [2.05, 4.69) is 4.72 Å². The normalized spacial score (nSPS) is 11.3. The topological polar surface area (TPSA) is 66.5 Å². The van der Waals surface area contributed by atoms with E-state index in [1.165, 1.54) is 4.90 Å². The number of halogens is 2. The highest BCUT2D eigenvalue weighted by atomic mass is 35.5. The van der Waals surface area contributed by atoms with Crippen LogP contribution in [0.25, 0.3) is 0 Å². The van der Waals surface area contributed by atoms with Crippen LogP contribution in [0.4, 0.5) is 10.5 Å². The Kier molecular flexibility index (Phi) is 6.50. The minimum absolute atomic E-state index is 0.0367. The number of nitrogens with zero attached hydrogens (tertiary/aromatic N) is 1. The van der Waals surface area contributed by atoms with Gasteiger partial charge in [-0.2, -0.15) is 0 Å². The van der Waals surface area contributed by atoms with Crippen molar-refractivity contribution in [3.63, 3.8) is 0 Å². The van der Waals surface area contributed by atoms with Crippen LogP contribution in [0.15, 0.2) is 40.1 Å². The number of amides is 1. The van der Waals surface area contributed by atoms with Crippen LogP contribution < -0.4 is 4.72 Å². The molecule has 0 aliphatic rings. The van der Waals surface area contributed by atoms with E-state index in [4.69, 9.17) is 23.2 Å². The first kappa shape index (κ1) is 20.9. The second-order valence-electron chi connectivity index (χ2n) is 5.84.